The quantitative estimate of drug-likeness (QED) is 0.517. The molecule has 0 aromatic heterocycles. The molecule has 4 rings (SSSR count). The summed E-state index contributed by atoms with van der Waals surface area (Å²) in [5, 5.41) is 0. The van der Waals surface area contributed by atoms with Crippen LogP contribution >= 0.6 is 0 Å². The molecule has 0 radical (unpaired) electrons. The summed E-state index contributed by atoms with van der Waals surface area (Å²) >= 11 is 0. The lowest BCUT2D eigenvalue weighted by atomic mass is 9.92. The van der Waals surface area contributed by atoms with Gasteiger partial charge in [0.05, 0.1) is 6.04 Å². The minimum Gasteiger partial charge on any atom is -0.313 e. The van der Waals surface area contributed by atoms with E-state index in [1.54, 1.807) is 29.2 Å². The highest BCUT2D eigenvalue weighted by Gasteiger charge is 2.67. The van der Waals surface area contributed by atoms with E-state index >= 15 is 0 Å². The van der Waals surface area contributed by atoms with Gasteiger partial charge in [-0.15, -0.1) is 0 Å². The molecule has 2 unspecified atom stereocenters. The summed E-state index contributed by atoms with van der Waals surface area (Å²) in [5.41, 5.74) is 1.32. The summed E-state index contributed by atoms with van der Waals surface area (Å²) in [6, 6.07) is 27.8. The predicted octanol–water partition coefficient (Wildman–Crippen LogP) is 4.53. The van der Waals surface area contributed by atoms with Gasteiger partial charge < -0.3 is 4.90 Å². The standard InChI is InChI=1S/C23H19NO2/c1-23(21(25)18-13-7-3-8-14-18)20(17-11-5-2-6-12-17)24(23)22(26)19-15-9-4-10-16-19/h2-16,20H,1H3. The third kappa shape index (κ3) is 2.53. The number of rotatable bonds is 4. The molecular weight excluding hydrogens is 322 g/mol. The van der Waals surface area contributed by atoms with Gasteiger partial charge in [0.1, 0.15) is 5.54 Å². The Hall–Kier alpha value is -3.20. The Balaban J connectivity index is 1.75. The van der Waals surface area contributed by atoms with E-state index < -0.39 is 5.54 Å². The van der Waals surface area contributed by atoms with Crippen molar-refractivity contribution in [2.24, 2.45) is 0 Å². The molecule has 0 saturated carbocycles. The number of nitrogens with zero attached hydrogens (tertiary/aromatic N) is 1. The van der Waals surface area contributed by atoms with Crippen molar-refractivity contribution in [3.63, 3.8) is 0 Å². The number of benzene rings is 3. The van der Waals surface area contributed by atoms with Gasteiger partial charge in [-0.1, -0.05) is 78.9 Å². The van der Waals surface area contributed by atoms with Crippen molar-refractivity contribution >= 4 is 11.7 Å². The molecule has 1 saturated heterocycles. The zero-order valence-electron chi connectivity index (χ0n) is 14.5. The van der Waals surface area contributed by atoms with E-state index in [9.17, 15) is 9.59 Å². The second-order valence-corrected chi connectivity index (χ2v) is 6.70. The Labute approximate surface area is 152 Å². The second kappa shape index (κ2) is 6.26. The molecule has 0 N–H and O–H groups in total. The van der Waals surface area contributed by atoms with Crippen LogP contribution in [-0.4, -0.2) is 22.1 Å². The zero-order valence-corrected chi connectivity index (χ0v) is 14.5. The number of carbonyl (C=O) groups is 2. The van der Waals surface area contributed by atoms with Gasteiger partial charge in [-0.2, -0.15) is 0 Å². The summed E-state index contributed by atoms with van der Waals surface area (Å²) < 4.78 is 0. The summed E-state index contributed by atoms with van der Waals surface area (Å²) in [6.07, 6.45) is 0. The van der Waals surface area contributed by atoms with Crippen LogP contribution in [0.5, 0.6) is 0 Å². The van der Waals surface area contributed by atoms with Gasteiger partial charge >= 0.3 is 0 Å². The van der Waals surface area contributed by atoms with E-state index in [0.717, 1.165) is 5.56 Å². The van der Waals surface area contributed by atoms with Gasteiger partial charge in [0.15, 0.2) is 5.78 Å². The van der Waals surface area contributed by atoms with Crippen LogP contribution in [0.3, 0.4) is 0 Å². The van der Waals surface area contributed by atoms with Gasteiger partial charge in [0.2, 0.25) is 0 Å². The van der Waals surface area contributed by atoms with Gasteiger partial charge in [-0.3, -0.25) is 9.59 Å². The Morgan fingerprint density at radius 2 is 1.19 bits per heavy atom. The van der Waals surface area contributed by atoms with Gasteiger partial charge in [0, 0.05) is 11.1 Å². The third-order valence-corrected chi connectivity index (χ3v) is 5.07. The van der Waals surface area contributed by atoms with Crippen molar-refractivity contribution in [1.29, 1.82) is 0 Å². The normalized spacial score (nSPS) is 21.3. The molecular formula is C23H19NO2. The number of amides is 1. The van der Waals surface area contributed by atoms with E-state index in [1.165, 1.54) is 0 Å². The first-order valence-electron chi connectivity index (χ1n) is 8.67. The maximum atomic E-state index is 13.3. The molecule has 3 aromatic rings. The Bertz CT molecular complexity index is 938. The molecule has 128 valence electrons. The van der Waals surface area contributed by atoms with Crippen molar-refractivity contribution in [2.45, 2.75) is 18.5 Å². The molecule has 1 aliphatic rings. The van der Waals surface area contributed by atoms with Crippen LogP contribution in [0.25, 0.3) is 0 Å². The maximum absolute atomic E-state index is 13.3. The Morgan fingerprint density at radius 3 is 1.73 bits per heavy atom. The third-order valence-electron chi connectivity index (χ3n) is 5.07. The Kier molecular flexibility index (Phi) is 3.92. The smallest absolute Gasteiger partial charge is 0.255 e. The number of ketones is 1. The highest BCUT2D eigenvalue weighted by Crippen LogP contribution is 2.55. The first-order chi connectivity index (χ1) is 12.6. The topological polar surface area (TPSA) is 37.1 Å². The van der Waals surface area contributed by atoms with Crippen molar-refractivity contribution in [2.75, 3.05) is 0 Å². The molecule has 3 heteroatoms. The number of carbonyl (C=O) groups excluding carboxylic acids is 2. The van der Waals surface area contributed by atoms with E-state index in [4.69, 9.17) is 0 Å². The monoisotopic (exact) mass is 341 g/mol. The first-order valence-corrected chi connectivity index (χ1v) is 8.67. The number of hydrogen-bond donors (Lipinski definition) is 0. The van der Waals surface area contributed by atoms with Crippen molar-refractivity contribution in [1.82, 2.24) is 4.90 Å². The molecule has 0 aliphatic carbocycles. The molecule has 3 nitrogen and oxygen atoms in total. The van der Waals surface area contributed by atoms with Crippen LogP contribution in [0.15, 0.2) is 91.0 Å². The summed E-state index contributed by atoms with van der Waals surface area (Å²) in [6.45, 7) is 1.86. The lowest BCUT2D eigenvalue weighted by Gasteiger charge is -2.11. The fourth-order valence-corrected chi connectivity index (χ4v) is 3.66. The molecule has 1 aliphatic heterocycles. The molecule has 1 fully saturated rings. The second-order valence-electron chi connectivity index (χ2n) is 6.70. The maximum Gasteiger partial charge on any atom is 0.255 e. The van der Waals surface area contributed by atoms with E-state index in [-0.39, 0.29) is 17.7 Å². The van der Waals surface area contributed by atoms with Gasteiger partial charge in [-0.25, -0.2) is 0 Å². The van der Waals surface area contributed by atoms with E-state index in [1.807, 2.05) is 73.7 Å². The molecule has 0 bridgehead atoms. The minimum atomic E-state index is -0.879. The largest absolute Gasteiger partial charge is 0.313 e. The highest BCUT2D eigenvalue weighted by atomic mass is 16.2. The van der Waals surface area contributed by atoms with Gasteiger partial charge in [-0.05, 0) is 24.6 Å². The van der Waals surface area contributed by atoms with Crippen molar-refractivity contribution in [3.05, 3.63) is 108 Å². The van der Waals surface area contributed by atoms with Crippen LogP contribution in [0.4, 0.5) is 0 Å². The lowest BCUT2D eigenvalue weighted by Crippen LogP contribution is -2.29. The summed E-state index contributed by atoms with van der Waals surface area (Å²) in [5.74, 6) is -0.150. The molecule has 0 spiro atoms. The van der Waals surface area contributed by atoms with Crippen LogP contribution < -0.4 is 0 Å². The molecule has 2 atom stereocenters. The summed E-state index contributed by atoms with van der Waals surface area (Å²) in [4.78, 5) is 28.1. The van der Waals surface area contributed by atoms with E-state index in [2.05, 4.69) is 0 Å². The predicted molar refractivity (Wildman–Crippen MR) is 101 cm³/mol. The fourth-order valence-electron chi connectivity index (χ4n) is 3.66. The average Bonchev–Trinajstić information content (AvgIpc) is 3.35. The number of Topliss-reactive ketones (excluding diaryl/α,β-unsaturated/α-hetero) is 1. The highest BCUT2D eigenvalue weighted by molar-refractivity contribution is 6.11. The Morgan fingerprint density at radius 1 is 0.731 bits per heavy atom. The van der Waals surface area contributed by atoms with Crippen molar-refractivity contribution < 1.29 is 9.59 Å². The SMILES string of the molecule is CC1(C(=O)c2ccccc2)C(c2ccccc2)N1C(=O)c1ccccc1. The van der Waals surface area contributed by atoms with Crippen LogP contribution in [0, 0.1) is 0 Å². The fraction of sp³-hybridized carbons (Fsp3) is 0.130. The minimum absolute atomic E-state index is 0.0313. The van der Waals surface area contributed by atoms with Crippen LogP contribution in [-0.2, 0) is 0 Å². The average molecular weight is 341 g/mol. The molecule has 1 heterocycles. The molecule has 1 amide bonds. The molecule has 3 aromatic carbocycles. The number of hydrogen-bond acceptors (Lipinski definition) is 2. The lowest BCUT2D eigenvalue weighted by molar-refractivity contribution is 0.0798. The zero-order chi connectivity index (χ0) is 18.1. The molecule has 26 heavy (non-hydrogen) atoms. The summed E-state index contributed by atoms with van der Waals surface area (Å²) in [7, 11) is 0. The van der Waals surface area contributed by atoms with Crippen LogP contribution in [0.2, 0.25) is 0 Å². The van der Waals surface area contributed by atoms with Gasteiger partial charge in [0.25, 0.3) is 5.91 Å². The first kappa shape index (κ1) is 16.3. The van der Waals surface area contributed by atoms with Crippen molar-refractivity contribution in [3.8, 4) is 0 Å². The van der Waals surface area contributed by atoms with Crippen LogP contribution in [0.1, 0.15) is 39.2 Å². The van der Waals surface area contributed by atoms with E-state index in [0.29, 0.717) is 11.1 Å².